The second-order valence-corrected chi connectivity index (χ2v) is 4.92. The zero-order valence-electron chi connectivity index (χ0n) is 9.01. The van der Waals surface area contributed by atoms with Crippen molar-refractivity contribution >= 4 is 21.6 Å². The number of ether oxygens (including phenoxy) is 1. The maximum atomic E-state index is 13.5. The van der Waals surface area contributed by atoms with E-state index in [0.717, 1.165) is 37.1 Å². The van der Waals surface area contributed by atoms with Gasteiger partial charge >= 0.3 is 0 Å². The highest BCUT2D eigenvalue weighted by Gasteiger charge is 2.14. The number of hydrogen-bond donors (Lipinski definition) is 1. The first-order valence-electron chi connectivity index (χ1n) is 5.53. The Morgan fingerprint density at radius 2 is 2.38 bits per heavy atom. The molecule has 0 amide bonds. The number of nitrogens with one attached hydrogen (secondary N) is 1. The summed E-state index contributed by atoms with van der Waals surface area (Å²) in [4.78, 5) is 0. The molecule has 0 aliphatic carbocycles. The molecule has 1 aromatic carbocycles. The van der Waals surface area contributed by atoms with Crippen molar-refractivity contribution < 1.29 is 9.13 Å². The van der Waals surface area contributed by atoms with E-state index in [4.69, 9.17) is 4.74 Å². The summed E-state index contributed by atoms with van der Waals surface area (Å²) in [6, 6.07) is 4.99. The smallest absolute Gasteiger partial charge is 0.147 e. The minimum absolute atomic E-state index is 0.217. The van der Waals surface area contributed by atoms with Crippen molar-refractivity contribution in [2.45, 2.75) is 12.8 Å². The summed E-state index contributed by atoms with van der Waals surface area (Å²) in [5.41, 5.74) is 0.549. The van der Waals surface area contributed by atoms with E-state index in [-0.39, 0.29) is 5.82 Å². The summed E-state index contributed by atoms with van der Waals surface area (Å²) in [5.74, 6) is 0.270. The molecule has 0 spiro atoms. The van der Waals surface area contributed by atoms with Crippen LogP contribution in [0.25, 0.3) is 0 Å². The van der Waals surface area contributed by atoms with E-state index < -0.39 is 0 Å². The van der Waals surface area contributed by atoms with E-state index in [9.17, 15) is 4.39 Å². The van der Waals surface area contributed by atoms with Crippen LogP contribution in [0, 0.1) is 11.7 Å². The van der Waals surface area contributed by atoms with Crippen LogP contribution >= 0.6 is 15.9 Å². The minimum Gasteiger partial charge on any atom is -0.381 e. The van der Waals surface area contributed by atoms with Gasteiger partial charge in [0.05, 0.1) is 12.3 Å². The molecule has 0 bridgehead atoms. The average molecular weight is 288 g/mol. The van der Waals surface area contributed by atoms with Gasteiger partial charge in [0, 0.05) is 17.6 Å². The van der Waals surface area contributed by atoms with Crippen LogP contribution in [0.15, 0.2) is 22.7 Å². The van der Waals surface area contributed by atoms with Gasteiger partial charge in [-0.25, -0.2) is 4.39 Å². The fraction of sp³-hybridized carbons (Fsp3) is 0.500. The van der Waals surface area contributed by atoms with Crippen LogP contribution in [-0.2, 0) is 4.74 Å². The second-order valence-electron chi connectivity index (χ2n) is 4.06. The van der Waals surface area contributed by atoms with Gasteiger partial charge in [0.15, 0.2) is 0 Å². The van der Waals surface area contributed by atoms with Crippen molar-refractivity contribution in [1.82, 2.24) is 0 Å². The summed E-state index contributed by atoms with van der Waals surface area (Å²) in [6.45, 7) is 2.40. The lowest BCUT2D eigenvalue weighted by atomic mass is 10.0. The first kappa shape index (κ1) is 11.9. The molecule has 16 heavy (non-hydrogen) atoms. The topological polar surface area (TPSA) is 21.3 Å². The Bertz CT molecular complexity index is 333. The Balaban J connectivity index is 1.93. The molecule has 0 radical (unpaired) electrons. The highest BCUT2D eigenvalue weighted by molar-refractivity contribution is 9.10. The fourth-order valence-electron chi connectivity index (χ4n) is 1.88. The molecule has 1 heterocycles. The molecular formula is C12H15BrFNO. The van der Waals surface area contributed by atoms with Crippen LogP contribution in [0.5, 0.6) is 0 Å². The lowest BCUT2D eigenvalue weighted by Gasteiger charge is -2.23. The molecule has 1 fully saturated rings. The molecule has 1 saturated heterocycles. The highest BCUT2D eigenvalue weighted by Crippen LogP contribution is 2.26. The first-order valence-corrected chi connectivity index (χ1v) is 6.32. The number of hydrogen-bond acceptors (Lipinski definition) is 2. The quantitative estimate of drug-likeness (QED) is 0.920. The average Bonchev–Trinajstić information content (AvgIpc) is 2.30. The Labute approximate surface area is 103 Å². The van der Waals surface area contributed by atoms with Crippen LogP contribution in [0.1, 0.15) is 12.8 Å². The molecule has 1 N–H and O–H groups in total. The Morgan fingerprint density at radius 1 is 1.50 bits per heavy atom. The maximum absolute atomic E-state index is 13.5. The predicted octanol–water partition coefficient (Wildman–Crippen LogP) is 3.43. The third-order valence-corrected chi connectivity index (χ3v) is 3.45. The van der Waals surface area contributed by atoms with Gasteiger partial charge in [-0.05, 0) is 46.8 Å². The number of rotatable bonds is 3. The van der Waals surface area contributed by atoms with Crippen molar-refractivity contribution in [2.24, 2.45) is 5.92 Å². The zero-order chi connectivity index (χ0) is 11.4. The molecule has 2 nitrogen and oxygen atoms in total. The maximum Gasteiger partial charge on any atom is 0.147 e. The van der Waals surface area contributed by atoms with Crippen molar-refractivity contribution in [1.29, 1.82) is 0 Å². The van der Waals surface area contributed by atoms with Crippen LogP contribution in [0.4, 0.5) is 10.1 Å². The largest absolute Gasteiger partial charge is 0.381 e. The van der Waals surface area contributed by atoms with E-state index in [2.05, 4.69) is 21.2 Å². The molecule has 2 rings (SSSR count). The van der Waals surface area contributed by atoms with E-state index in [0.29, 0.717) is 11.6 Å². The van der Waals surface area contributed by atoms with Gasteiger partial charge in [-0.1, -0.05) is 6.07 Å². The van der Waals surface area contributed by atoms with Gasteiger partial charge in [0.25, 0.3) is 0 Å². The third-order valence-electron chi connectivity index (χ3n) is 2.78. The molecule has 4 heteroatoms. The lowest BCUT2D eigenvalue weighted by Crippen LogP contribution is -2.24. The van der Waals surface area contributed by atoms with Crippen LogP contribution in [-0.4, -0.2) is 19.8 Å². The summed E-state index contributed by atoms with van der Waals surface area (Å²) in [6.07, 6.45) is 2.25. The monoisotopic (exact) mass is 287 g/mol. The van der Waals surface area contributed by atoms with E-state index in [1.807, 2.05) is 6.07 Å². The molecule has 1 unspecified atom stereocenters. The van der Waals surface area contributed by atoms with Gasteiger partial charge in [-0.2, -0.15) is 0 Å². The predicted molar refractivity (Wildman–Crippen MR) is 66.1 cm³/mol. The number of anilines is 1. The van der Waals surface area contributed by atoms with Crippen molar-refractivity contribution in [3.05, 3.63) is 28.5 Å². The minimum atomic E-state index is -0.217. The number of para-hydroxylation sites is 1. The van der Waals surface area contributed by atoms with Crippen LogP contribution in [0.3, 0.4) is 0 Å². The molecule has 88 valence electrons. The standard InChI is InChI=1S/C12H15BrFNO/c13-10-4-1-5-11(14)12(10)15-7-9-3-2-6-16-8-9/h1,4-5,9,15H,2-3,6-8H2. The molecule has 1 atom stereocenters. The summed E-state index contributed by atoms with van der Waals surface area (Å²) < 4.78 is 19.6. The van der Waals surface area contributed by atoms with Gasteiger partial charge in [-0.15, -0.1) is 0 Å². The van der Waals surface area contributed by atoms with Gasteiger partial charge < -0.3 is 10.1 Å². The molecule has 0 aromatic heterocycles. The van der Waals surface area contributed by atoms with Crippen LogP contribution < -0.4 is 5.32 Å². The Hall–Kier alpha value is -0.610. The Kier molecular flexibility index (Phi) is 4.18. The SMILES string of the molecule is Fc1cccc(Br)c1NCC1CCCOC1. The van der Waals surface area contributed by atoms with Crippen LogP contribution in [0.2, 0.25) is 0 Å². The zero-order valence-corrected chi connectivity index (χ0v) is 10.6. The molecule has 1 aliphatic rings. The highest BCUT2D eigenvalue weighted by atomic mass is 79.9. The summed E-state index contributed by atoms with van der Waals surface area (Å²) >= 11 is 3.34. The van der Waals surface area contributed by atoms with Crippen molar-refractivity contribution in [3.8, 4) is 0 Å². The molecule has 0 saturated carbocycles. The van der Waals surface area contributed by atoms with E-state index >= 15 is 0 Å². The first-order chi connectivity index (χ1) is 7.77. The van der Waals surface area contributed by atoms with E-state index in [1.165, 1.54) is 6.07 Å². The molecule has 1 aliphatic heterocycles. The third kappa shape index (κ3) is 2.95. The summed E-state index contributed by atoms with van der Waals surface area (Å²) in [7, 11) is 0. The normalized spacial score (nSPS) is 20.8. The summed E-state index contributed by atoms with van der Waals surface area (Å²) in [5, 5.41) is 3.15. The molecular weight excluding hydrogens is 273 g/mol. The second kappa shape index (κ2) is 5.64. The molecule has 1 aromatic rings. The van der Waals surface area contributed by atoms with Gasteiger partial charge in [-0.3, -0.25) is 0 Å². The lowest BCUT2D eigenvalue weighted by molar-refractivity contribution is 0.0595. The Morgan fingerprint density at radius 3 is 3.06 bits per heavy atom. The van der Waals surface area contributed by atoms with Gasteiger partial charge in [0.1, 0.15) is 5.82 Å². The van der Waals surface area contributed by atoms with Crippen molar-refractivity contribution in [3.63, 3.8) is 0 Å². The van der Waals surface area contributed by atoms with E-state index in [1.54, 1.807) is 6.07 Å². The van der Waals surface area contributed by atoms with Gasteiger partial charge in [0.2, 0.25) is 0 Å². The fourth-order valence-corrected chi connectivity index (χ4v) is 2.36. The number of halogens is 2. The number of benzene rings is 1. The van der Waals surface area contributed by atoms with Crippen molar-refractivity contribution in [2.75, 3.05) is 25.1 Å².